The molecule has 0 saturated carbocycles. The quantitative estimate of drug-likeness (QED) is 0.914. The number of hydrogen-bond donors (Lipinski definition) is 2. The van der Waals surface area contributed by atoms with Gasteiger partial charge in [-0.15, -0.1) is 0 Å². The van der Waals surface area contributed by atoms with Crippen LogP contribution in [0.25, 0.3) is 0 Å². The number of phenols is 1. The van der Waals surface area contributed by atoms with Gasteiger partial charge < -0.3 is 20.1 Å². The lowest BCUT2D eigenvalue weighted by Gasteiger charge is -2.35. The van der Waals surface area contributed by atoms with E-state index in [0.29, 0.717) is 23.5 Å². The van der Waals surface area contributed by atoms with Crippen molar-refractivity contribution in [2.75, 3.05) is 19.0 Å². The molecule has 2 aromatic carbocycles. The summed E-state index contributed by atoms with van der Waals surface area (Å²) in [5, 5.41) is 13.5. The maximum Gasteiger partial charge on any atom is 0.257 e. The first-order valence-electron chi connectivity index (χ1n) is 7.20. The first-order chi connectivity index (χ1) is 10.6. The maximum atomic E-state index is 12.5. The summed E-state index contributed by atoms with van der Waals surface area (Å²) in [5.41, 5.74) is 2.00. The molecule has 0 fully saturated rings. The van der Waals surface area contributed by atoms with E-state index < -0.39 is 6.17 Å². The largest absolute Gasteiger partial charge is 0.508 e. The number of hydrogen-bond acceptors (Lipinski definition) is 4. The first kappa shape index (κ1) is 14.3. The van der Waals surface area contributed by atoms with E-state index in [9.17, 15) is 9.90 Å². The number of ether oxygens (including phenoxy) is 1. The number of anilines is 1. The van der Waals surface area contributed by atoms with E-state index in [2.05, 4.69) is 5.32 Å². The van der Waals surface area contributed by atoms with Gasteiger partial charge in [0.1, 0.15) is 17.7 Å². The highest BCUT2D eigenvalue weighted by molar-refractivity contribution is 6.01. The molecule has 3 rings (SSSR count). The van der Waals surface area contributed by atoms with E-state index in [1.54, 1.807) is 36.2 Å². The van der Waals surface area contributed by atoms with Crippen molar-refractivity contribution >= 4 is 11.6 Å². The number of rotatable bonds is 3. The molecule has 2 aromatic rings. The number of phenolic OH excluding ortho intramolecular Hbond substituents is 1. The topological polar surface area (TPSA) is 61.8 Å². The van der Waals surface area contributed by atoms with Crippen LogP contribution in [0, 0.1) is 0 Å². The minimum Gasteiger partial charge on any atom is -0.508 e. The number of fused-ring (bicyclic) bond motifs is 1. The fraction of sp³-hybridized carbons (Fsp3) is 0.235. The van der Waals surface area contributed by atoms with E-state index in [-0.39, 0.29) is 11.7 Å². The van der Waals surface area contributed by atoms with Crippen LogP contribution < -0.4 is 10.1 Å². The van der Waals surface area contributed by atoms with Gasteiger partial charge in [-0.25, -0.2) is 0 Å². The molecule has 1 heterocycles. The molecule has 1 aliphatic rings. The highest BCUT2D eigenvalue weighted by Crippen LogP contribution is 2.36. The fourth-order valence-corrected chi connectivity index (χ4v) is 2.64. The lowest BCUT2D eigenvalue weighted by atomic mass is 10.0. The smallest absolute Gasteiger partial charge is 0.257 e. The molecule has 1 unspecified atom stereocenters. The molecular weight excluding hydrogens is 280 g/mol. The lowest BCUT2D eigenvalue weighted by molar-refractivity contribution is 0.0734. The Labute approximate surface area is 129 Å². The molecule has 0 aliphatic carbocycles. The summed E-state index contributed by atoms with van der Waals surface area (Å²) in [6.07, 6.45) is -0.442. The van der Waals surface area contributed by atoms with Crippen LogP contribution in [-0.2, 0) is 0 Å². The number of aromatic hydroxyl groups is 1. The number of amides is 1. The molecule has 0 saturated heterocycles. The summed E-state index contributed by atoms with van der Waals surface area (Å²) < 4.78 is 5.48. The molecule has 0 radical (unpaired) electrons. The van der Waals surface area contributed by atoms with Crippen LogP contribution in [0.5, 0.6) is 11.5 Å². The Morgan fingerprint density at radius 3 is 2.82 bits per heavy atom. The van der Waals surface area contributed by atoms with Crippen molar-refractivity contribution in [3.05, 3.63) is 53.6 Å². The van der Waals surface area contributed by atoms with Crippen LogP contribution in [0.4, 0.5) is 5.69 Å². The van der Waals surface area contributed by atoms with Gasteiger partial charge >= 0.3 is 0 Å². The Balaban J connectivity index is 2.02. The van der Waals surface area contributed by atoms with E-state index in [4.69, 9.17) is 4.74 Å². The first-order valence-corrected chi connectivity index (χ1v) is 7.20. The van der Waals surface area contributed by atoms with Crippen molar-refractivity contribution in [3.8, 4) is 11.5 Å². The summed E-state index contributed by atoms with van der Waals surface area (Å²) in [7, 11) is 1.71. The standard InChI is InChI=1S/C17H18N2O3/c1-3-22-11-8-9-15(20)13(10-11)16-18-14-7-5-4-6-12(14)17(21)19(16)2/h4-10,16,18,20H,3H2,1-2H3. The van der Waals surface area contributed by atoms with Crippen molar-refractivity contribution in [1.82, 2.24) is 4.90 Å². The monoisotopic (exact) mass is 298 g/mol. The average Bonchev–Trinajstić information content (AvgIpc) is 2.53. The van der Waals surface area contributed by atoms with Gasteiger partial charge in [0.25, 0.3) is 5.91 Å². The molecule has 0 spiro atoms. The van der Waals surface area contributed by atoms with Crippen molar-refractivity contribution in [3.63, 3.8) is 0 Å². The second-order valence-corrected chi connectivity index (χ2v) is 5.16. The Bertz CT molecular complexity index is 715. The molecule has 5 nitrogen and oxygen atoms in total. The van der Waals surface area contributed by atoms with Crippen molar-refractivity contribution in [2.24, 2.45) is 0 Å². The number of carbonyl (C=O) groups is 1. The molecule has 1 amide bonds. The minimum absolute atomic E-state index is 0.0828. The SMILES string of the molecule is CCOc1ccc(O)c(C2Nc3ccccc3C(=O)N2C)c1. The van der Waals surface area contributed by atoms with Crippen LogP contribution in [-0.4, -0.2) is 29.6 Å². The third kappa shape index (κ3) is 2.35. The van der Waals surface area contributed by atoms with Gasteiger partial charge in [-0.3, -0.25) is 4.79 Å². The van der Waals surface area contributed by atoms with Gasteiger partial charge in [0.05, 0.1) is 12.2 Å². The molecule has 1 aliphatic heterocycles. The predicted octanol–water partition coefficient (Wildman–Crippen LogP) is 2.99. The minimum atomic E-state index is -0.442. The molecule has 114 valence electrons. The highest BCUT2D eigenvalue weighted by Gasteiger charge is 2.31. The molecule has 2 N–H and O–H groups in total. The van der Waals surface area contributed by atoms with Gasteiger partial charge in [-0.2, -0.15) is 0 Å². The van der Waals surface area contributed by atoms with Crippen LogP contribution >= 0.6 is 0 Å². The fourth-order valence-electron chi connectivity index (χ4n) is 2.64. The van der Waals surface area contributed by atoms with E-state index >= 15 is 0 Å². The van der Waals surface area contributed by atoms with Crippen LogP contribution in [0.1, 0.15) is 29.0 Å². The summed E-state index contributed by atoms with van der Waals surface area (Å²) in [6.45, 7) is 2.44. The molecular formula is C17H18N2O3. The van der Waals surface area contributed by atoms with Gasteiger partial charge in [0.15, 0.2) is 0 Å². The predicted molar refractivity (Wildman–Crippen MR) is 84.2 cm³/mol. The molecule has 22 heavy (non-hydrogen) atoms. The summed E-state index contributed by atoms with van der Waals surface area (Å²) in [6, 6.07) is 12.4. The molecule has 1 atom stereocenters. The Kier molecular flexibility index (Phi) is 3.63. The van der Waals surface area contributed by atoms with Gasteiger partial charge in [-0.05, 0) is 37.3 Å². The maximum absolute atomic E-state index is 12.5. The zero-order chi connectivity index (χ0) is 15.7. The van der Waals surface area contributed by atoms with E-state index in [1.807, 2.05) is 25.1 Å². The van der Waals surface area contributed by atoms with Crippen molar-refractivity contribution < 1.29 is 14.6 Å². The van der Waals surface area contributed by atoms with Gasteiger partial charge in [-0.1, -0.05) is 12.1 Å². The number of para-hydroxylation sites is 1. The lowest BCUT2D eigenvalue weighted by Crippen LogP contribution is -2.40. The highest BCUT2D eigenvalue weighted by atomic mass is 16.5. The number of nitrogens with zero attached hydrogens (tertiary/aromatic N) is 1. The van der Waals surface area contributed by atoms with Gasteiger partial charge in [0, 0.05) is 18.3 Å². The zero-order valence-corrected chi connectivity index (χ0v) is 12.5. The van der Waals surface area contributed by atoms with Gasteiger partial charge in [0.2, 0.25) is 0 Å². The zero-order valence-electron chi connectivity index (χ0n) is 12.5. The third-order valence-corrected chi connectivity index (χ3v) is 3.76. The second kappa shape index (κ2) is 5.60. The Hall–Kier alpha value is -2.69. The number of nitrogens with one attached hydrogen (secondary N) is 1. The normalized spacial score (nSPS) is 16.9. The summed E-state index contributed by atoms with van der Waals surface area (Å²) in [5.74, 6) is 0.706. The number of benzene rings is 2. The van der Waals surface area contributed by atoms with Crippen molar-refractivity contribution in [2.45, 2.75) is 13.1 Å². The number of carbonyl (C=O) groups excluding carboxylic acids is 1. The van der Waals surface area contributed by atoms with E-state index in [0.717, 1.165) is 5.69 Å². The molecule has 5 heteroatoms. The summed E-state index contributed by atoms with van der Waals surface area (Å²) >= 11 is 0. The summed E-state index contributed by atoms with van der Waals surface area (Å²) in [4.78, 5) is 14.1. The Morgan fingerprint density at radius 2 is 2.05 bits per heavy atom. The molecule has 0 bridgehead atoms. The van der Waals surface area contributed by atoms with Crippen LogP contribution in [0.15, 0.2) is 42.5 Å². The van der Waals surface area contributed by atoms with Crippen LogP contribution in [0.3, 0.4) is 0 Å². The van der Waals surface area contributed by atoms with E-state index in [1.165, 1.54) is 0 Å². The average molecular weight is 298 g/mol. The Morgan fingerprint density at radius 1 is 1.27 bits per heavy atom. The second-order valence-electron chi connectivity index (χ2n) is 5.16. The molecule has 0 aromatic heterocycles. The van der Waals surface area contributed by atoms with Crippen molar-refractivity contribution in [1.29, 1.82) is 0 Å². The van der Waals surface area contributed by atoms with Crippen LogP contribution in [0.2, 0.25) is 0 Å². The third-order valence-electron chi connectivity index (χ3n) is 3.76.